The molecular weight excluding hydrogens is 430 g/mol. The predicted molar refractivity (Wildman–Crippen MR) is 132 cm³/mol. The number of benzene rings is 2. The Morgan fingerprint density at radius 2 is 1.97 bits per heavy atom. The number of anilines is 4. The number of rotatable bonds is 6. The monoisotopic (exact) mass is 451 g/mol. The van der Waals surface area contributed by atoms with Crippen molar-refractivity contribution in [2.75, 3.05) is 16.4 Å². The van der Waals surface area contributed by atoms with Crippen LogP contribution in [0.3, 0.4) is 0 Å². The van der Waals surface area contributed by atoms with Crippen molar-refractivity contribution >= 4 is 45.8 Å². The van der Waals surface area contributed by atoms with E-state index >= 15 is 0 Å². The molecule has 3 heterocycles. The fraction of sp³-hybridized carbons (Fsp3) is 0.0417. The molecule has 10 heteroatoms. The highest BCUT2D eigenvalue weighted by molar-refractivity contribution is 6.06. The van der Waals surface area contributed by atoms with Crippen LogP contribution < -0.4 is 16.4 Å². The van der Waals surface area contributed by atoms with Gasteiger partial charge in [-0.15, -0.1) is 0 Å². The highest BCUT2D eigenvalue weighted by Gasteiger charge is 2.09. The van der Waals surface area contributed by atoms with E-state index in [0.717, 1.165) is 27.7 Å². The van der Waals surface area contributed by atoms with Crippen LogP contribution in [0.2, 0.25) is 0 Å². The molecule has 0 spiro atoms. The van der Waals surface area contributed by atoms with Crippen molar-refractivity contribution in [2.24, 2.45) is 0 Å². The number of carbonyl (C=O) groups excluding carboxylic acids is 1. The lowest BCUT2D eigenvalue weighted by Crippen LogP contribution is -2.12. The largest absolute Gasteiger partial charge is 0.398 e. The molecule has 0 aliphatic heterocycles. The molecule has 0 radical (unpaired) electrons. The van der Waals surface area contributed by atoms with Crippen LogP contribution in [0.4, 0.5) is 22.9 Å². The average molecular weight is 451 g/mol. The van der Waals surface area contributed by atoms with Gasteiger partial charge >= 0.3 is 0 Å². The minimum absolute atomic E-state index is 0.236. The lowest BCUT2D eigenvalue weighted by Gasteiger charge is -2.09. The van der Waals surface area contributed by atoms with Crippen LogP contribution in [0.1, 0.15) is 12.5 Å². The Labute approximate surface area is 194 Å². The van der Waals surface area contributed by atoms with E-state index in [-0.39, 0.29) is 5.91 Å². The molecular formula is C24H21N9O. The normalized spacial score (nSPS) is 11.5. The number of hydrogen-bond donors (Lipinski definition) is 5. The SMILES string of the molecule is C/C(=C\c1ccc(-c2nccc(Nc3ccc4[nH]ncc4c3)n2)cc1N)C(=O)Nc1cn[nH]c1. The molecule has 5 aromatic rings. The Balaban J connectivity index is 1.34. The number of nitrogens with two attached hydrogens (primary N) is 1. The molecule has 1 amide bonds. The lowest BCUT2D eigenvalue weighted by molar-refractivity contribution is -0.112. The average Bonchev–Trinajstić information content (AvgIpc) is 3.52. The number of H-pyrrole nitrogens is 2. The van der Waals surface area contributed by atoms with Gasteiger partial charge in [-0.3, -0.25) is 15.0 Å². The van der Waals surface area contributed by atoms with Gasteiger partial charge in [0.2, 0.25) is 0 Å². The second-order valence-corrected chi connectivity index (χ2v) is 7.67. The molecule has 5 rings (SSSR count). The molecule has 6 N–H and O–H groups in total. The summed E-state index contributed by atoms with van der Waals surface area (Å²) in [5.74, 6) is 0.953. The maximum atomic E-state index is 12.4. The molecule has 168 valence electrons. The van der Waals surface area contributed by atoms with Crippen molar-refractivity contribution in [1.29, 1.82) is 0 Å². The third-order valence-electron chi connectivity index (χ3n) is 5.20. The first-order valence-electron chi connectivity index (χ1n) is 10.5. The van der Waals surface area contributed by atoms with Crippen molar-refractivity contribution in [2.45, 2.75) is 6.92 Å². The predicted octanol–water partition coefficient (Wildman–Crippen LogP) is 4.11. The first-order chi connectivity index (χ1) is 16.5. The zero-order valence-electron chi connectivity index (χ0n) is 18.2. The van der Waals surface area contributed by atoms with Gasteiger partial charge in [0.1, 0.15) is 5.82 Å². The molecule has 0 atom stereocenters. The number of aromatic amines is 2. The van der Waals surface area contributed by atoms with Crippen LogP contribution in [0.25, 0.3) is 28.4 Å². The van der Waals surface area contributed by atoms with Crippen LogP contribution in [-0.4, -0.2) is 36.3 Å². The van der Waals surface area contributed by atoms with E-state index in [1.54, 1.807) is 43.7 Å². The van der Waals surface area contributed by atoms with Crippen LogP contribution in [0, 0.1) is 0 Å². The summed E-state index contributed by atoms with van der Waals surface area (Å²) in [5.41, 5.74) is 11.2. The van der Waals surface area contributed by atoms with E-state index in [0.29, 0.717) is 28.6 Å². The van der Waals surface area contributed by atoms with E-state index < -0.39 is 0 Å². The lowest BCUT2D eigenvalue weighted by atomic mass is 10.1. The van der Waals surface area contributed by atoms with E-state index in [1.807, 2.05) is 30.3 Å². The smallest absolute Gasteiger partial charge is 0.251 e. The Bertz CT molecular complexity index is 1500. The Morgan fingerprint density at radius 1 is 1.06 bits per heavy atom. The summed E-state index contributed by atoms with van der Waals surface area (Å²) >= 11 is 0. The van der Waals surface area contributed by atoms with Crippen molar-refractivity contribution in [3.63, 3.8) is 0 Å². The van der Waals surface area contributed by atoms with Gasteiger partial charge < -0.3 is 16.4 Å². The number of nitrogens with zero attached hydrogens (tertiary/aromatic N) is 4. The van der Waals surface area contributed by atoms with Gasteiger partial charge in [0.05, 0.1) is 23.6 Å². The van der Waals surface area contributed by atoms with Gasteiger partial charge in [0, 0.05) is 40.3 Å². The molecule has 0 aliphatic rings. The van der Waals surface area contributed by atoms with Gasteiger partial charge in [0.15, 0.2) is 5.82 Å². The summed E-state index contributed by atoms with van der Waals surface area (Å²) < 4.78 is 0. The Hall–Kier alpha value is -4.99. The molecule has 0 aliphatic carbocycles. The summed E-state index contributed by atoms with van der Waals surface area (Å²) in [6.07, 6.45) is 8.34. The van der Waals surface area contributed by atoms with Crippen molar-refractivity contribution in [3.05, 3.63) is 78.4 Å². The number of nitrogen functional groups attached to an aromatic ring is 1. The minimum Gasteiger partial charge on any atom is -0.398 e. The van der Waals surface area contributed by atoms with Crippen LogP contribution in [-0.2, 0) is 4.79 Å². The number of amides is 1. The molecule has 0 saturated carbocycles. The first kappa shape index (κ1) is 20.9. The highest BCUT2D eigenvalue weighted by Crippen LogP contribution is 2.25. The molecule has 3 aromatic heterocycles. The quantitative estimate of drug-likeness (QED) is 0.192. The van der Waals surface area contributed by atoms with Crippen molar-refractivity contribution in [1.82, 2.24) is 30.4 Å². The zero-order valence-corrected chi connectivity index (χ0v) is 18.2. The summed E-state index contributed by atoms with van der Waals surface area (Å²) in [6, 6.07) is 13.2. The van der Waals surface area contributed by atoms with Crippen LogP contribution in [0.15, 0.2) is 72.8 Å². The molecule has 34 heavy (non-hydrogen) atoms. The fourth-order valence-electron chi connectivity index (χ4n) is 3.43. The third-order valence-corrected chi connectivity index (χ3v) is 5.20. The molecule has 0 bridgehead atoms. The first-order valence-corrected chi connectivity index (χ1v) is 10.5. The second-order valence-electron chi connectivity index (χ2n) is 7.67. The minimum atomic E-state index is -0.236. The third kappa shape index (κ3) is 4.46. The summed E-state index contributed by atoms with van der Waals surface area (Å²) in [4.78, 5) is 21.4. The second kappa shape index (κ2) is 8.87. The van der Waals surface area contributed by atoms with Gasteiger partial charge in [0.25, 0.3) is 5.91 Å². The van der Waals surface area contributed by atoms with Crippen LogP contribution >= 0.6 is 0 Å². The topological polar surface area (TPSA) is 150 Å². The summed E-state index contributed by atoms with van der Waals surface area (Å²) in [5, 5.41) is 20.5. The molecule has 10 nitrogen and oxygen atoms in total. The van der Waals surface area contributed by atoms with Gasteiger partial charge in [-0.1, -0.05) is 12.1 Å². The van der Waals surface area contributed by atoms with Gasteiger partial charge in [-0.05, 0) is 48.9 Å². The van der Waals surface area contributed by atoms with Crippen molar-refractivity contribution < 1.29 is 4.79 Å². The number of carbonyl (C=O) groups is 1. The number of hydrogen-bond acceptors (Lipinski definition) is 7. The van der Waals surface area contributed by atoms with Crippen molar-refractivity contribution in [3.8, 4) is 11.4 Å². The van der Waals surface area contributed by atoms with Crippen LogP contribution in [0.5, 0.6) is 0 Å². The van der Waals surface area contributed by atoms with Gasteiger partial charge in [-0.25, -0.2) is 9.97 Å². The maximum absolute atomic E-state index is 12.4. The van der Waals surface area contributed by atoms with E-state index in [2.05, 4.69) is 41.0 Å². The highest BCUT2D eigenvalue weighted by atomic mass is 16.1. The molecule has 0 unspecified atom stereocenters. The fourth-order valence-corrected chi connectivity index (χ4v) is 3.43. The Morgan fingerprint density at radius 3 is 2.79 bits per heavy atom. The number of nitrogens with one attached hydrogen (secondary N) is 4. The zero-order chi connectivity index (χ0) is 23.5. The van der Waals surface area contributed by atoms with E-state index in [4.69, 9.17) is 5.73 Å². The number of fused-ring (bicyclic) bond motifs is 1. The van der Waals surface area contributed by atoms with E-state index in [9.17, 15) is 4.79 Å². The number of aromatic nitrogens is 6. The molecule has 0 fully saturated rings. The molecule has 0 saturated heterocycles. The summed E-state index contributed by atoms with van der Waals surface area (Å²) in [6.45, 7) is 1.72. The standard InChI is InChI=1S/C24H21N9O/c1-14(24(34)31-19-12-27-28-13-19)8-15-2-3-16(10-20(15)25)23-26-7-6-22(32-23)30-18-4-5-21-17(9-18)11-29-33-21/h2-13H,25H2,1H3,(H,27,28)(H,29,33)(H,31,34)(H,26,30,32)/b14-8+. The Kier molecular flexibility index (Phi) is 5.45. The summed E-state index contributed by atoms with van der Waals surface area (Å²) in [7, 11) is 0. The van der Waals surface area contributed by atoms with Gasteiger partial charge in [-0.2, -0.15) is 10.2 Å². The van der Waals surface area contributed by atoms with E-state index in [1.165, 1.54) is 6.20 Å². The molecule has 2 aromatic carbocycles. The maximum Gasteiger partial charge on any atom is 0.251 e.